The van der Waals surface area contributed by atoms with Crippen molar-refractivity contribution in [2.75, 3.05) is 6.54 Å². The number of phenols is 1. The summed E-state index contributed by atoms with van der Waals surface area (Å²) in [5, 5.41) is 9.51. The van der Waals surface area contributed by atoms with Gasteiger partial charge in [-0.3, -0.25) is 4.79 Å². The third kappa shape index (κ3) is 2.82. The lowest BCUT2D eigenvalue weighted by atomic mass is 9.94. The van der Waals surface area contributed by atoms with Crippen LogP contribution in [0.4, 0.5) is 0 Å². The standard InChI is InChI=1S/C17H23NO2/c19-16-8-4-5-13(12-16)11-14-9-10-18(17(14)20)15-6-2-1-3-7-15/h4-5,8,12,14-15,19H,1-3,6-7,9-11H2. The summed E-state index contributed by atoms with van der Waals surface area (Å²) in [4.78, 5) is 14.7. The van der Waals surface area contributed by atoms with E-state index in [1.807, 2.05) is 12.1 Å². The van der Waals surface area contributed by atoms with Crippen molar-refractivity contribution in [3.8, 4) is 5.75 Å². The Morgan fingerprint density at radius 1 is 1.15 bits per heavy atom. The van der Waals surface area contributed by atoms with Gasteiger partial charge in [-0.05, 0) is 43.4 Å². The zero-order valence-corrected chi connectivity index (χ0v) is 11.9. The van der Waals surface area contributed by atoms with Gasteiger partial charge in [-0.15, -0.1) is 0 Å². The number of amides is 1. The average Bonchev–Trinajstić information content (AvgIpc) is 2.81. The van der Waals surface area contributed by atoms with Crippen LogP contribution in [0.3, 0.4) is 0 Å². The van der Waals surface area contributed by atoms with Crippen molar-refractivity contribution < 1.29 is 9.90 Å². The van der Waals surface area contributed by atoms with Gasteiger partial charge in [-0.2, -0.15) is 0 Å². The third-order valence-electron chi connectivity index (χ3n) is 4.76. The van der Waals surface area contributed by atoms with E-state index in [-0.39, 0.29) is 11.7 Å². The van der Waals surface area contributed by atoms with Crippen LogP contribution in [0, 0.1) is 5.92 Å². The molecule has 3 rings (SSSR count). The smallest absolute Gasteiger partial charge is 0.226 e. The number of carbonyl (C=O) groups is 1. The number of rotatable bonds is 3. The Morgan fingerprint density at radius 2 is 1.95 bits per heavy atom. The minimum Gasteiger partial charge on any atom is -0.508 e. The summed E-state index contributed by atoms with van der Waals surface area (Å²) in [6.07, 6.45) is 7.96. The first-order chi connectivity index (χ1) is 9.74. The molecule has 1 saturated carbocycles. The van der Waals surface area contributed by atoms with Crippen LogP contribution in [0.15, 0.2) is 24.3 Å². The van der Waals surface area contributed by atoms with Gasteiger partial charge in [-0.1, -0.05) is 31.4 Å². The zero-order valence-electron chi connectivity index (χ0n) is 11.9. The molecule has 20 heavy (non-hydrogen) atoms. The van der Waals surface area contributed by atoms with E-state index in [1.54, 1.807) is 12.1 Å². The predicted octanol–water partition coefficient (Wildman–Crippen LogP) is 3.12. The molecule has 1 heterocycles. The maximum atomic E-state index is 12.6. The second kappa shape index (κ2) is 5.86. The molecule has 108 valence electrons. The van der Waals surface area contributed by atoms with Crippen molar-refractivity contribution in [3.05, 3.63) is 29.8 Å². The van der Waals surface area contributed by atoms with Crippen LogP contribution >= 0.6 is 0 Å². The quantitative estimate of drug-likeness (QED) is 0.919. The summed E-state index contributed by atoms with van der Waals surface area (Å²) in [6, 6.07) is 7.79. The van der Waals surface area contributed by atoms with E-state index in [0.29, 0.717) is 11.9 Å². The predicted molar refractivity (Wildman–Crippen MR) is 78.5 cm³/mol. The number of phenolic OH excluding ortho intramolecular Hbond substituents is 1. The number of benzene rings is 1. The van der Waals surface area contributed by atoms with Crippen LogP contribution in [0.25, 0.3) is 0 Å². The lowest BCUT2D eigenvalue weighted by molar-refractivity contribution is -0.133. The van der Waals surface area contributed by atoms with E-state index < -0.39 is 0 Å². The summed E-state index contributed by atoms with van der Waals surface area (Å²) >= 11 is 0. The monoisotopic (exact) mass is 273 g/mol. The van der Waals surface area contributed by atoms with Crippen molar-refractivity contribution in [1.82, 2.24) is 4.90 Å². The number of likely N-dealkylation sites (tertiary alicyclic amines) is 1. The van der Waals surface area contributed by atoms with Gasteiger partial charge in [0, 0.05) is 18.5 Å². The van der Waals surface area contributed by atoms with E-state index in [0.717, 1.165) is 24.9 Å². The number of carbonyl (C=O) groups excluding carboxylic acids is 1. The molecule has 1 amide bonds. The highest BCUT2D eigenvalue weighted by Gasteiger charge is 2.35. The van der Waals surface area contributed by atoms with Crippen LogP contribution in [-0.4, -0.2) is 28.5 Å². The molecule has 3 heteroatoms. The molecule has 0 bridgehead atoms. The Bertz CT molecular complexity index is 480. The molecule has 1 aliphatic carbocycles. The second-order valence-corrected chi connectivity index (χ2v) is 6.18. The lowest BCUT2D eigenvalue weighted by Gasteiger charge is -2.31. The molecule has 2 fully saturated rings. The molecule has 0 spiro atoms. The molecule has 1 aromatic carbocycles. The van der Waals surface area contributed by atoms with Gasteiger partial charge in [0.1, 0.15) is 5.75 Å². The van der Waals surface area contributed by atoms with Crippen LogP contribution in [0.1, 0.15) is 44.1 Å². The second-order valence-electron chi connectivity index (χ2n) is 6.18. The lowest BCUT2D eigenvalue weighted by Crippen LogP contribution is -2.39. The molecule has 1 N–H and O–H groups in total. The summed E-state index contributed by atoms with van der Waals surface area (Å²) in [5.41, 5.74) is 1.06. The largest absolute Gasteiger partial charge is 0.508 e. The van der Waals surface area contributed by atoms with Crippen molar-refractivity contribution in [2.24, 2.45) is 5.92 Å². The normalized spacial score (nSPS) is 24.3. The maximum absolute atomic E-state index is 12.6. The van der Waals surface area contributed by atoms with Crippen LogP contribution < -0.4 is 0 Å². The molecule has 3 nitrogen and oxygen atoms in total. The van der Waals surface area contributed by atoms with Crippen LogP contribution in [0.2, 0.25) is 0 Å². The van der Waals surface area contributed by atoms with E-state index in [4.69, 9.17) is 0 Å². The first-order valence-electron chi connectivity index (χ1n) is 7.82. The number of hydrogen-bond donors (Lipinski definition) is 1. The van der Waals surface area contributed by atoms with Gasteiger partial charge in [0.25, 0.3) is 0 Å². The molecule has 2 aliphatic rings. The Hall–Kier alpha value is -1.51. The Labute approximate surface area is 120 Å². The summed E-state index contributed by atoms with van der Waals surface area (Å²) in [6.45, 7) is 0.924. The Kier molecular flexibility index (Phi) is 3.95. The SMILES string of the molecule is O=C1C(Cc2cccc(O)c2)CCN1C1CCCCC1. The first-order valence-corrected chi connectivity index (χ1v) is 7.82. The van der Waals surface area contributed by atoms with E-state index in [2.05, 4.69) is 4.90 Å². The number of hydrogen-bond acceptors (Lipinski definition) is 2. The maximum Gasteiger partial charge on any atom is 0.226 e. The van der Waals surface area contributed by atoms with Gasteiger partial charge in [0.15, 0.2) is 0 Å². The molecule has 0 radical (unpaired) electrons. The van der Waals surface area contributed by atoms with Crippen LogP contribution in [-0.2, 0) is 11.2 Å². The number of aromatic hydroxyl groups is 1. The molecule has 0 aromatic heterocycles. The molecule has 1 aliphatic heterocycles. The topological polar surface area (TPSA) is 40.5 Å². The first kappa shape index (κ1) is 13.5. The van der Waals surface area contributed by atoms with Crippen molar-refractivity contribution in [3.63, 3.8) is 0 Å². The minimum absolute atomic E-state index is 0.110. The summed E-state index contributed by atoms with van der Waals surface area (Å²) < 4.78 is 0. The van der Waals surface area contributed by atoms with Crippen molar-refractivity contribution in [2.45, 2.75) is 51.0 Å². The average molecular weight is 273 g/mol. The zero-order chi connectivity index (χ0) is 13.9. The molecule has 1 unspecified atom stereocenters. The number of nitrogens with zero attached hydrogens (tertiary/aromatic N) is 1. The van der Waals surface area contributed by atoms with Crippen LogP contribution in [0.5, 0.6) is 5.75 Å². The molecule has 1 aromatic rings. The highest BCUT2D eigenvalue weighted by atomic mass is 16.3. The summed E-state index contributed by atoms with van der Waals surface area (Å²) in [5.74, 6) is 0.732. The van der Waals surface area contributed by atoms with Gasteiger partial charge < -0.3 is 10.0 Å². The molecule has 1 atom stereocenters. The van der Waals surface area contributed by atoms with E-state index >= 15 is 0 Å². The van der Waals surface area contributed by atoms with Gasteiger partial charge in [-0.25, -0.2) is 0 Å². The fraction of sp³-hybridized carbons (Fsp3) is 0.588. The van der Waals surface area contributed by atoms with Gasteiger partial charge >= 0.3 is 0 Å². The molecular weight excluding hydrogens is 250 g/mol. The summed E-state index contributed by atoms with van der Waals surface area (Å²) in [7, 11) is 0. The third-order valence-corrected chi connectivity index (χ3v) is 4.76. The van der Waals surface area contributed by atoms with E-state index in [9.17, 15) is 9.90 Å². The van der Waals surface area contributed by atoms with E-state index in [1.165, 1.54) is 32.1 Å². The van der Waals surface area contributed by atoms with Gasteiger partial charge in [0.05, 0.1) is 0 Å². The fourth-order valence-electron chi connectivity index (χ4n) is 3.68. The molecular formula is C17H23NO2. The van der Waals surface area contributed by atoms with Crippen molar-refractivity contribution in [1.29, 1.82) is 0 Å². The Morgan fingerprint density at radius 3 is 2.70 bits per heavy atom. The minimum atomic E-state index is 0.110. The van der Waals surface area contributed by atoms with Crippen molar-refractivity contribution >= 4 is 5.91 Å². The Balaban J connectivity index is 1.63. The highest BCUT2D eigenvalue weighted by molar-refractivity contribution is 5.81. The highest BCUT2D eigenvalue weighted by Crippen LogP contribution is 2.30. The molecule has 1 saturated heterocycles. The van der Waals surface area contributed by atoms with Gasteiger partial charge in [0.2, 0.25) is 5.91 Å². The fourth-order valence-corrected chi connectivity index (χ4v) is 3.68.